The van der Waals surface area contributed by atoms with E-state index in [1.807, 2.05) is 0 Å². The van der Waals surface area contributed by atoms with Gasteiger partial charge >= 0.3 is 6.18 Å². The van der Waals surface area contributed by atoms with Crippen molar-refractivity contribution in [3.8, 4) is 0 Å². The highest BCUT2D eigenvalue weighted by molar-refractivity contribution is 5.92. The van der Waals surface area contributed by atoms with E-state index < -0.39 is 23.8 Å². The predicted octanol–water partition coefficient (Wildman–Crippen LogP) is 2.67. The molecule has 2 atom stereocenters. The fraction of sp³-hybridized carbons (Fsp3) is 0.500. The molecule has 3 N–H and O–H groups in total. The molecule has 1 aromatic carbocycles. The molecule has 1 saturated heterocycles. The van der Waals surface area contributed by atoms with Gasteiger partial charge in [-0.15, -0.1) is 0 Å². The molecule has 0 aliphatic carbocycles. The average Bonchev–Trinajstić information content (AvgIpc) is 2.70. The second kappa shape index (κ2) is 7.65. The van der Waals surface area contributed by atoms with Gasteiger partial charge in [-0.05, 0) is 18.9 Å². The molecule has 0 bridgehead atoms. The van der Waals surface area contributed by atoms with Crippen LogP contribution in [0, 0.1) is 0 Å². The standard InChI is InChI=1S/C16H19F3N2O3/c17-16(18,19)15(24)11-6-2-3-7-12(11)21-14(23)9-10-5-1-4-8-13(22)20-10/h2-3,6-7,10,15,24H,1,4-5,8-9H2,(H,20,22)(H,21,23). The molecule has 0 aromatic heterocycles. The molecule has 1 aromatic rings. The Morgan fingerprint density at radius 3 is 2.75 bits per heavy atom. The van der Waals surface area contributed by atoms with Crippen LogP contribution in [0.1, 0.15) is 43.8 Å². The molecule has 1 fully saturated rings. The Balaban J connectivity index is 2.05. The van der Waals surface area contributed by atoms with Gasteiger partial charge in [-0.2, -0.15) is 13.2 Å². The number of nitrogens with one attached hydrogen (secondary N) is 2. The van der Waals surface area contributed by atoms with E-state index in [4.69, 9.17) is 0 Å². The minimum absolute atomic E-state index is 0.0256. The first kappa shape index (κ1) is 18.3. The SMILES string of the molecule is O=C(CC1CCCCC(=O)N1)Nc1ccccc1C(O)C(F)(F)F. The molecule has 2 amide bonds. The third-order valence-electron chi connectivity index (χ3n) is 3.84. The Hall–Kier alpha value is -2.09. The molecule has 2 rings (SSSR count). The topological polar surface area (TPSA) is 78.4 Å². The number of carbonyl (C=O) groups is 2. The molecule has 8 heteroatoms. The van der Waals surface area contributed by atoms with E-state index in [0.717, 1.165) is 18.9 Å². The molecule has 1 aliphatic rings. The molecular weight excluding hydrogens is 325 g/mol. The molecule has 1 heterocycles. The smallest absolute Gasteiger partial charge is 0.379 e. The van der Waals surface area contributed by atoms with Gasteiger partial charge in [0.05, 0.1) is 0 Å². The first-order chi connectivity index (χ1) is 11.3. The third-order valence-corrected chi connectivity index (χ3v) is 3.84. The van der Waals surface area contributed by atoms with Crippen LogP contribution < -0.4 is 10.6 Å². The van der Waals surface area contributed by atoms with E-state index in [-0.39, 0.29) is 24.1 Å². The Morgan fingerprint density at radius 1 is 1.33 bits per heavy atom. The lowest BCUT2D eigenvalue weighted by Crippen LogP contribution is -2.36. The molecular formula is C16H19F3N2O3. The fourth-order valence-corrected chi connectivity index (χ4v) is 2.65. The van der Waals surface area contributed by atoms with Crippen LogP contribution in [0.2, 0.25) is 0 Å². The number of hydrogen-bond acceptors (Lipinski definition) is 3. The van der Waals surface area contributed by atoms with Gasteiger partial charge < -0.3 is 15.7 Å². The summed E-state index contributed by atoms with van der Waals surface area (Å²) in [7, 11) is 0. The van der Waals surface area contributed by atoms with Crippen LogP contribution in [0.15, 0.2) is 24.3 Å². The first-order valence-electron chi connectivity index (χ1n) is 7.70. The van der Waals surface area contributed by atoms with Crippen LogP contribution in [0.4, 0.5) is 18.9 Å². The fourth-order valence-electron chi connectivity index (χ4n) is 2.65. The summed E-state index contributed by atoms with van der Waals surface area (Å²) in [4.78, 5) is 23.6. The largest absolute Gasteiger partial charge is 0.418 e. The van der Waals surface area contributed by atoms with Crippen molar-refractivity contribution in [1.29, 1.82) is 0 Å². The van der Waals surface area contributed by atoms with Gasteiger partial charge in [0.2, 0.25) is 11.8 Å². The summed E-state index contributed by atoms with van der Waals surface area (Å²) < 4.78 is 38.1. The number of halogens is 3. The van der Waals surface area contributed by atoms with E-state index in [2.05, 4.69) is 10.6 Å². The highest BCUT2D eigenvalue weighted by Crippen LogP contribution is 2.36. The van der Waals surface area contributed by atoms with Gasteiger partial charge in [0, 0.05) is 30.1 Å². The summed E-state index contributed by atoms with van der Waals surface area (Å²) in [6, 6.07) is 4.90. The summed E-state index contributed by atoms with van der Waals surface area (Å²) in [6.07, 6.45) is -4.90. The van der Waals surface area contributed by atoms with Gasteiger partial charge in [0.1, 0.15) is 0 Å². The van der Waals surface area contributed by atoms with Crippen LogP contribution in [0.25, 0.3) is 0 Å². The lowest BCUT2D eigenvalue weighted by atomic mass is 10.1. The normalized spacial score (nSPS) is 20.0. The van der Waals surface area contributed by atoms with Gasteiger partial charge in [-0.3, -0.25) is 9.59 Å². The van der Waals surface area contributed by atoms with Crippen molar-refractivity contribution in [3.63, 3.8) is 0 Å². The van der Waals surface area contributed by atoms with Crippen molar-refractivity contribution in [2.24, 2.45) is 0 Å². The van der Waals surface area contributed by atoms with Gasteiger partial charge in [0.15, 0.2) is 6.10 Å². The Labute approximate surface area is 137 Å². The van der Waals surface area contributed by atoms with Crippen LogP contribution in [0.5, 0.6) is 0 Å². The summed E-state index contributed by atoms with van der Waals surface area (Å²) in [5.74, 6) is -0.637. The van der Waals surface area contributed by atoms with E-state index in [1.54, 1.807) is 0 Å². The first-order valence-corrected chi connectivity index (χ1v) is 7.70. The van der Waals surface area contributed by atoms with Crippen LogP contribution in [0.3, 0.4) is 0 Å². The van der Waals surface area contributed by atoms with Crippen molar-refractivity contribution < 1.29 is 27.9 Å². The molecule has 5 nitrogen and oxygen atoms in total. The zero-order valence-electron chi connectivity index (χ0n) is 12.9. The maximum Gasteiger partial charge on any atom is 0.418 e. The summed E-state index contributed by atoms with van der Waals surface area (Å²) in [5.41, 5.74) is -0.504. The number of aliphatic hydroxyl groups is 1. The maximum atomic E-state index is 12.7. The van der Waals surface area contributed by atoms with E-state index in [9.17, 15) is 27.9 Å². The van der Waals surface area contributed by atoms with Crippen LogP contribution >= 0.6 is 0 Å². The minimum Gasteiger partial charge on any atom is -0.379 e. The summed E-state index contributed by atoms with van der Waals surface area (Å²) in [5, 5.41) is 14.5. The average molecular weight is 344 g/mol. The second-order valence-electron chi connectivity index (χ2n) is 5.79. The van der Waals surface area contributed by atoms with E-state index >= 15 is 0 Å². The Bertz CT molecular complexity index is 604. The summed E-state index contributed by atoms with van der Waals surface area (Å²) >= 11 is 0. The van der Waals surface area contributed by atoms with Crippen LogP contribution in [-0.2, 0) is 9.59 Å². The number of rotatable bonds is 4. The van der Waals surface area contributed by atoms with Crippen molar-refractivity contribution in [1.82, 2.24) is 5.32 Å². The van der Waals surface area contributed by atoms with Crippen molar-refractivity contribution in [3.05, 3.63) is 29.8 Å². The molecule has 24 heavy (non-hydrogen) atoms. The molecule has 0 spiro atoms. The van der Waals surface area contributed by atoms with E-state index in [1.165, 1.54) is 18.2 Å². The zero-order valence-corrected chi connectivity index (χ0v) is 12.9. The van der Waals surface area contributed by atoms with Gasteiger partial charge in [-0.1, -0.05) is 24.6 Å². The number of anilines is 1. The minimum atomic E-state index is -4.82. The lowest BCUT2D eigenvalue weighted by Gasteiger charge is -2.20. The highest BCUT2D eigenvalue weighted by Gasteiger charge is 2.40. The van der Waals surface area contributed by atoms with Gasteiger partial charge in [-0.25, -0.2) is 0 Å². The quantitative estimate of drug-likeness (QED) is 0.786. The number of aliphatic hydroxyl groups excluding tert-OH is 1. The Morgan fingerprint density at radius 2 is 2.04 bits per heavy atom. The zero-order chi connectivity index (χ0) is 17.7. The second-order valence-corrected chi connectivity index (χ2v) is 5.79. The summed E-state index contributed by atoms with van der Waals surface area (Å²) in [6.45, 7) is 0. The van der Waals surface area contributed by atoms with Crippen molar-refractivity contribution in [2.45, 2.75) is 50.4 Å². The number of amides is 2. The third kappa shape index (κ3) is 4.95. The number of carbonyl (C=O) groups excluding carboxylic acids is 2. The highest BCUT2D eigenvalue weighted by atomic mass is 19.4. The van der Waals surface area contributed by atoms with Crippen molar-refractivity contribution in [2.75, 3.05) is 5.32 Å². The van der Waals surface area contributed by atoms with Crippen LogP contribution in [-0.4, -0.2) is 29.1 Å². The van der Waals surface area contributed by atoms with E-state index in [0.29, 0.717) is 12.8 Å². The van der Waals surface area contributed by atoms with Gasteiger partial charge in [0.25, 0.3) is 0 Å². The number of para-hydroxylation sites is 1. The number of benzene rings is 1. The van der Waals surface area contributed by atoms with Crippen molar-refractivity contribution >= 4 is 17.5 Å². The lowest BCUT2D eigenvalue weighted by molar-refractivity contribution is -0.206. The predicted molar refractivity (Wildman–Crippen MR) is 81.1 cm³/mol. The number of alkyl halides is 3. The molecule has 2 unspecified atom stereocenters. The molecule has 132 valence electrons. The molecule has 0 saturated carbocycles. The Kier molecular flexibility index (Phi) is 5.82. The maximum absolute atomic E-state index is 12.7. The molecule has 1 aliphatic heterocycles. The molecule has 0 radical (unpaired) electrons. The monoisotopic (exact) mass is 344 g/mol. The number of hydrogen-bond donors (Lipinski definition) is 3.